The van der Waals surface area contributed by atoms with Gasteiger partial charge in [0.1, 0.15) is 11.3 Å². The highest BCUT2D eigenvalue weighted by Gasteiger charge is 2.53. The van der Waals surface area contributed by atoms with Gasteiger partial charge in [-0.3, -0.25) is 0 Å². The predicted molar refractivity (Wildman–Crippen MR) is 264 cm³/mol. The summed E-state index contributed by atoms with van der Waals surface area (Å²) < 4.78 is 13.8. The number of fused-ring (bicyclic) bond motifs is 6. The summed E-state index contributed by atoms with van der Waals surface area (Å²) in [5.74, 6) is 0.776. The lowest BCUT2D eigenvalue weighted by molar-refractivity contribution is 0.209. The summed E-state index contributed by atoms with van der Waals surface area (Å²) in [4.78, 5) is 4.63. The minimum atomic E-state index is -0.746. The average Bonchev–Trinajstić information content (AvgIpc) is 3.88. The Morgan fingerprint density at radius 2 is 1.20 bits per heavy atom. The quantitative estimate of drug-likeness (QED) is 0.155. The lowest BCUT2D eigenvalue weighted by Gasteiger charge is -2.40. The fraction of sp³-hybridized carbons (Fsp3) is 0.119. The van der Waals surface area contributed by atoms with Crippen LogP contribution in [-0.4, -0.2) is 6.10 Å². The Morgan fingerprint density at radius 1 is 0.569 bits per heavy atom. The fourth-order valence-electron chi connectivity index (χ4n) is 10.6. The van der Waals surface area contributed by atoms with Gasteiger partial charge in [-0.1, -0.05) is 130 Å². The van der Waals surface area contributed by atoms with Crippen LogP contribution in [0.4, 0.5) is 28.4 Å². The average molecular weight is 839 g/mol. The number of furan rings is 1. The topological polar surface area (TPSA) is 76.4 Å². The molecule has 6 heteroatoms. The zero-order valence-corrected chi connectivity index (χ0v) is 36.4. The van der Waals surface area contributed by atoms with E-state index < -0.39 is 11.5 Å². The van der Waals surface area contributed by atoms with Gasteiger partial charge < -0.3 is 19.0 Å². The molecule has 0 amide bonds. The van der Waals surface area contributed by atoms with Gasteiger partial charge in [-0.15, -0.1) is 0 Å². The molecule has 10 aromatic rings. The summed E-state index contributed by atoms with van der Waals surface area (Å²) in [6.45, 7) is 8.94. The number of anilines is 5. The molecule has 1 aliphatic heterocycles. The van der Waals surface area contributed by atoms with Gasteiger partial charge in [0.15, 0.2) is 11.7 Å². The predicted octanol–water partition coefficient (Wildman–Crippen LogP) is 15.3. The first-order valence-electron chi connectivity index (χ1n) is 22.1. The minimum Gasteiger partial charge on any atom is -0.483 e. The van der Waals surface area contributed by atoms with Gasteiger partial charge in [-0.05, 0) is 101 Å². The van der Waals surface area contributed by atoms with Crippen LogP contribution in [0, 0.1) is 22.7 Å². The molecular weight excluding hydrogens is 797 g/mol. The Kier molecular flexibility index (Phi) is 8.32. The molecule has 0 bridgehead atoms. The molecule has 0 N–H and O–H groups in total. The summed E-state index contributed by atoms with van der Waals surface area (Å²) in [5.41, 5.74) is 9.51. The molecule has 0 saturated heterocycles. The summed E-state index contributed by atoms with van der Waals surface area (Å²) in [6.07, 6.45) is 3.53. The lowest BCUT2D eigenvalue weighted by atomic mass is 9.69. The highest BCUT2D eigenvalue weighted by molar-refractivity contribution is 6.29. The lowest BCUT2D eigenvalue weighted by Crippen LogP contribution is -2.44. The monoisotopic (exact) mass is 838 g/mol. The second kappa shape index (κ2) is 14.1. The molecule has 310 valence electrons. The van der Waals surface area contributed by atoms with Crippen LogP contribution < -0.4 is 14.5 Å². The van der Waals surface area contributed by atoms with E-state index in [0.29, 0.717) is 16.7 Å². The molecule has 1 aliphatic carbocycles. The molecule has 2 aliphatic rings. The van der Waals surface area contributed by atoms with Crippen LogP contribution in [0.3, 0.4) is 0 Å². The molecule has 2 unspecified atom stereocenters. The number of rotatable bonds is 6. The maximum Gasteiger partial charge on any atom is 0.160 e. The van der Waals surface area contributed by atoms with Crippen LogP contribution in [0.5, 0.6) is 5.75 Å². The molecule has 12 rings (SSSR count). The van der Waals surface area contributed by atoms with Crippen molar-refractivity contribution in [1.82, 2.24) is 0 Å². The number of benzene rings is 9. The van der Waals surface area contributed by atoms with Crippen molar-refractivity contribution in [2.24, 2.45) is 0 Å². The molecule has 0 saturated carbocycles. The van der Waals surface area contributed by atoms with Crippen molar-refractivity contribution in [2.75, 3.05) is 9.80 Å². The molecule has 2 atom stereocenters. The SMILES string of the molecule is CC(C)(C)c1cc2ccc3c(N(C4=CC=C(C#N)C5(C)c6ccccc6OC45)c4ccccc4)cc(N(c4ccccc4)c4ccc(C#N)c5c4oc4ccccc45)c4ccc(c1)c2c34. The van der Waals surface area contributed by atoms with E-state index in [1.165, 1.54) is 21.7 Å². The molecule has 6 nitrogen and oxygen atoms in total. The summed E-state index contributed by atoms with van der Waals surface area (Å²) >= 11 is 0. The molecule has 0 radical (unpaired) electrons. The Morgan fingerprint density at radius 3 is 1.88 bits per heavy atom. The van der Waals surface area contributed by atoms with Crippen molar-refractivity contribution in [3.05, 3.63) is 204 Å². The first kappa shape index (κ1) is 38.4. The molecule has 1 aromatic heterocycles. The molecule has 9 aromatic carbocycles. The summed E-state index contributed by atoms with van der Waals surface area (Å²) in [6, 6.07) is 62.0. The van der Waals surface area contributed by atoms with E-state index in [1.54, 1.807) is 0 Å². The van der Waals surface area contributed by atoms with Crippen LogP contribution >= 0.6 is 0 Å². The van der Waals surface area contributed by atoms with E-state index in [9.17, 15) is 10.5 Å². The van der Waals surface area contributed by atoms with Crippen LogP contribution in [-0.2, 0) is 10.8 Å². The highest BCUT2D eigenvalue weighted by Crippen LogP contribution is 2.56. The third-order valence-electron chi connectivity index (χ3n) is 13.8. The van der Waals surface area contributed by atoms with Gasteiger partial charge in [0.2, 0.25) is 0 Å². The van der Waals surface area contributed by atoms with Gasteiger partial charge in [0, 0.05) is 49.4 Å². The summed E-state index contributed by atoms with van der Waals surface area (Å²) in [7, 11) is 0. The first-order chi connectivity index (χ1) is 31.7. The van der Waals surface area contributed by atoms with Crippen LogP contribution in [0.15, 0.2) is 192 Å². The zero-order chi connectivity index (χ0) is 44.2. The number of para-hydroxylation sites is 4. The van der Waals surface area contributed by atoms with Gasteiger partial charge in [-0.25, -0.2) is 0 Å². The highest BCUT2D eigenvalue weighted by atomic mass is 16.5. The van der Waals surface area contributed by atoms with Crippen molar-refractivity contribution < 1.29 is 9.15 Å². The number of allylic oxidation sites excluding steroid dienone is 2. The third-order valence-corrected chi connectivity index (χ3v) is 13.8. The van der Waals surface area contributed by atoms with Crippen molar-refractivity contribution >= 4 is 82.7 Å². The van der Waals surface area contributed by atoms with E-state index in [4.69, 9.17) is 9.15 Å². The fourth-order valence-corrected chi connectivity index (χ4v) is 10.6. The first-order valence-corrected chi connectivity index (χ1v) is 22.1. The van der Waals surface area contributed by atoms with E-state index in [-0.39, 0.29) is 5.41 Å². The van der Waals surface area contributed by atoms with Crippen LogP contribution in [0.1, 0.15) is 44.4 Å². The summed E-state index contributed by atoms with van der Waals surface area (Å²) in [5, 5.41) is 29.6. The van der Waals surface area contributed by atoms with E-state index >= 15 is 0 Å². The van der Waals surface area contributed by atoms with Crippen LogP contribution in [0.25, 0.3) is 54.3 Å². The number of hydrogen-bond donors (Lipinski definition) is 0. The standard InChI is InChI=1S/C59H42N4O2/c1-58(2,3)40-31-36-23-27-43-49(62(41-15-7-5-8-16-41)47-29-25-38(34-60)54-45-19-11-13-21-51(45)64-56(47)54)33-50(44-28-24-37(32-40)53(36)55(43)44)63(42-17-9-6-10-18-42)48-30-26-39(35-61)59(4)46-20-12-14-22-52(46)65-57(48)59/h5-33,57H,1-4H3. The van der Waals surface area contributed by atoms with Crippen molar-refractivity contribution in [3.8, 4) is 17.9 Å². The second-order valence-electron chi connectivity index (χ2n) is 18.4. The Bertz CT molecular complexity index is 3710. The van der Waals surface area contributed by atoms with Crippen molar-refractivity contribution in [3.63, 3.8) is 0 Å². The maximum absolute atomic E-state index is 10.7. The van der Waals surface area contributed by atoms with Gasteiger partial charge in [0.25, 0.3) is 0 Å². The van der Waals surface area contributed by atoms with Crippen LogP contribution in [0.2, 0.25) is 0 Å². The normalized spacial score (nSPS) is 16.8. The third kappa shape index (κ3) is 5.57. The number of nitriles is 2. The van der Waals surface area contributed by atoms with Gasteiger partial charge in [0.05, 0.1) is 45.9 Å². The Balaban J connectivity index is 1.22. The van der Waals surface area contributed by atoms with Crippen molar-refractivity contribution in [1.29, 1.82) is 10.5 Å². The number of nitrogens with zero attached hydrogens (tertiary/aromatic N) is 4. The van der Waals surface area contributed by atoms with Gasteiger partial charge in [-0.2, -0.15) is 10.5 Å². The molecule has 2 heterocycles. The molecular formula is C59H42N4O2. The van der Waals surface area contributed by atoms with E-state index in [1.807, 2.05) is 72.8 Å². The molecule has 65 heavy (non-hydrogen) atoms. The molecule has 0 spiro atoms. The van der Waals surface area contributed by atoms with Gasteiger partial charge >= 0.3 is 0 Å². The largest absolute Gasteiger partial charge is 0.483 e. The maximum atomic E-state index is 10.7. The van der Waals surface area contributed by atoms with E-state index in [2.05, 4.69) is 153 Å². The van der Waals surface area contributed by atoms with E-state index in [0.717, 1.165) is 78.0 Å². The molecule has 0 fully saturated rings. The smallest absolute Gasteiger partial charge is 0.160 e. The minimum absolute atomic E-state index is 0.0582. The Labute approximate surface area is 377 Å². The zero-order valence-electron chi connectivity index (χ0n) is 36.4. The Hall–Kier alpha value is -8.32. The number of ether oxygens (including phenoxy) is 1. The van der Waals surface area contributed by atoms with Crippen molar-refractivity contribution in [2.45, 2.75) is 44.6 Å². The number of hydrogen-bond acceptors (Lipinski definition) is 6. The second-order valence-corrected chi connectivity index (χ2v) is 18.4.